The van der Waals surface area contributed by atoms with Crippen molar-refractivity contribution in [1.29, 1.82) is 0 Å². The fraction of sp³-hybridized carbons (Fsp3) is 0. The van der Waals surface area contributed by atoms with Gasteiger partial charge in [-0.1, -0.05) is 0 Å². The average molecular weight is 145 g/mol. The summed E-state index contributed by atoms with van der Waals surface area (Å²) in [6.07, 6.45) is 6.52. The molecule has 0 N–H and O–H groups in total. The molecule has 0 amide bonds. The maximum Gasteiger partial charge on any atom is 0.0515 e. The number of nitrogens with zero attached hydrogens (tertiary/aromatic N) is 4. The lowest BCUT2D eigenvalue weighted by Gasteiger charge is -1.75. The van der Waals surface area contributed by atoms with Crippen molar-refractivity contribution in [3.8, 4) is 0 Å². The smallest absolute Gasteiger partial charge is 0.0515 e. The minimum absolute atomic E-state index is 0. The van der Waals surface area contributed by atoms with Crippen LogP contribution in [0.5, 0.6) is 0 Å². The Bertz CT molecular complexity index is 113. The van der Waals surface area contributed by atoms with E-state index in [-0.39, 0.29) is 12.4 Å². The molecule has 0 aromatic rings. The predicted octanol–water partition coefficient (Wildman–Crippen LogP) is 2.27. The third kappa shape index (κ3) is 3.54. The molecule has 5 heteroatoms. The monoisotopic (exact) mass is 144 g/mol. The highest BCUT2D eigenvalue weighted by Gasteiger charge is 1.68. The molecule has 1 rings (SSSR count). The first kappa shape index (κ1) is 7.97. The van der Waals surface area contributed by atoms with Gasteiger partial charge in [0.25, 0.3) is 0 Å². The van der Waals surface area contributed by atoms with Gasteiger partial charge >= 0.3 is 0 Å². The fourth-order valence-corrected chi connectivity index (χ4v) is 0.282. The summed E-state index contributed by atoms with van der Waals surface area (Å²) >= 11 is 0. The summed E-state index contributed by atoms with van der Waals surface area (Å²) in [5.74, 6) is 0. The molecule has 0 spiro atoms. The average Bonchev–Trinajstić information content (AvgIpc) is 1.62. The molecule has 0 radical (unpaired) electrons. The third-order valence-electron chi connectivity index (χ3n) is 0.560. The van der Waals surface area contributed by atoms with E-state index in [1.165, 1.54) is 12.4 Å². The minimum atomic E-state index is 0. The molecular formula is C4H5ClN4. The normalized spacial score (nSPS) is 14.2. The highest BCUT2D eigenvalue weighted by molar-refractivity contribution is 5.85. The van der Waals surface area contributed by atoms with E-state index >= 15 is 0 Å². The van der Waals surface area contributed by atoms with Crippen LogP contribution in [0.25, 0.3) is 0 Å². The molecule has 0 aromatic heterocycles. The number of rotatable bonds is 0. The molecule has 0 aliphatic carbocycles. The summed E-state index contributed by atoms with van der Waals surface area (Å²) in [4.78, 5) is 0. The lowest BCUT2D eigenvalue weighted by molar-refractivity contribution is 0.947. The molecule has 0 aromatic carbocycles. The van der Waals surface area contributed by atoms with Crippen LogP contribution in [0.15, 0.2) is 45.2 Å². The lowest BCUT2D eigenvalue weighted by Crippen LogP contribution is -1.54. The number of allylic oxidation sites excluding steroid dienone is 2. The second-order valence-electron chi connectivity index (χ2n) is 1.09. The summed E-state index contributed by atoms with van der Waals surface area (Å²) in [5.41, 5.74) is 0. The van der Waals surface area contributed by atoms with Gasteiger partial charge in [0.15, 0.2) is 0 Å². The molecule has 1 aliphatic heterocycles. The van der Waals surface area contributed by atoms with E-state index in [0.29, 0.717) is 0 Å². The first-order chi connectivity index (χ1) is 4.00. The molecule has 1 aliphatic rings. The van der Waals surface area contributed by atoms with Gasteiger partial charge in [-0.3, -0.25) is 0 Å². The summed E-state index contributed by atoms with van der Waals surface area (Å²) in [6, 6.07) is 0. The van der Waals surface area contributed by atoms with E-state index < -0.39 is 0 Å². The molecule has 48 valence electrons. The minimum Gasteiger partial charge on any atom is -0.147 e. The van der Waals surface area contributed by atoms with Crippen molar-refractivity contribution in [3.63, 3.8) is 0 Å². The van der Waals surface area contributed by atoms with Crippen LogP contribution in [0.2, 0.25) is 0 Å². The van der Waals surface area contributed by atoms with Crippen molar-refractivity contribution in [2.24, 2.45) is 20.7 Å². The second kappa shape index (κ2) is 5.11. The maximum absolute atomic E-state index is 3.46. The Hall–Kier alpha value is -1.03. The molecule has 0 saturated heterocycles. The molecular weight excluding hydrogens is 140 g/mol. The Kier molecular flexibility index (Phi) is 4.53. The van der Waals surface area contributed by atoms with E-state index in [1.54, 1.807) is 12.2 Å². The second-order valence-corrected chi connectivity index (χ2v) is 1.09. The van der Waals surface area contributed by atoms with Crippen molar-refractivity contribution >= 4 is 12.4 Å². The molecule has 0 bridgehead atoms. The zero-order valence-corrected chi connectivity index (χ0v) is 5.32. The van der Waals surface area contributed by atoms with Gasteiger partial charge in [0.05, 0.1) is 12.4 Å². The molecule has 4 nitrogen and oxygen atoms in total. The first-order valence-corrected chi connectivity index (χ1v) is 2.12. The Morgan fingerprint density at radius 1 is 0.778 bits per heavy atom. The summed E-state index contributed by atoms with van der Waals surface area (Å²) in [7, 11) is 0. The van der Waals surface area contributed by atoms with Crippen LogP contribution in [0.1, 0.15) is 0 Å². The van der Waals surface area contributed by atoms with Crippen molar-refractivity contribution < 1.29 is 0 Å². The fourth-order valence-electron chi connectivity index (χ4n) is 0.282. The zero-order valence-electron chi connectivity index (χ0n) is 4.51. The van der Waals surface area contributed by atoms with E-state index in [4.69, 9.17) is 0 Å². The van der Waals surface area contributed by atoms with Gasteiger partial charge in [0.2, 0.25) is 0 Å². The predicted molar refractivity (Wildman–Crippen MR) is 35.2 cm³/mol. The Morgan fingerprint density at radius 2 is 1.22 bits per heavy atom. The molecule has 0 fully saturated rings. The molecule has 1 heterocycles. The highest BCUT2D eigenvalue weighted by atomic mass is 35.5. The van der Waals surface area contributed by atoms with Crippen molar-refractivity contribution in [1.82, 2.24) is 0 Å². The quantitative estimate of drug-likeness (QED) is 0.501. The molecule has 0 saturated carbocycles. The van der Waals surface area contributed by atoms with Crippen LogP contribution >= 0.6 is 12.4 Å². The van der Waals surface area contributed by atoms with E-state index in [0.717, 1.165) is 0 Å². The van der Waals surface area contributed by atoms with E-state index in [1.807, 2.05) is 0 Å². The van der Waals surface area contributed by atoms with Gasteiger partial charge in [-0.2, -0.15) is 0 Å². The largest absolute Gasteiger partial charge is 0.147 e. The van der Waals surface area contributed by atoms with Crippen LogP contribution in [0.4, 0.5) is 0 Å². The number of hydrogen-bond donors (Lipinski definition) is 0. The summed E-state index contributed by atoms with van der Waals surface area (Å²) in [5, 5.41) is 13.5. The zero-order chi connectivity index (χ0) is 5.66. The van der Waals surface area contributed by atoms with Crippen LogP contribution in [0.3, 0.4) is 0 Å². The van der Waals surface area contributed by atoms with Crippen LogP contribution < -0.4 is 0 Å². The highest BCUT2D eigenvalue weighted by Crippen LogP contribution is 1.88. The third-order valence-corrected chi connectivity index (χ3v) is 0.560. The summed E-state index contributed by atoms with van der Waals surface area (Å²) < 4.78 is 0. The SMILES string of the molecule is C1=CN=NN=NC=C1.Cl. The van der Waals surface area contributed by atoms with Gasteiger partial charge in [0, 0.05) is 0 Å². The Morgan fingerprint density at radius 3 is 1.67 bits per heavy atom. The van der Waals surface area contributed by atoms with Crippen molar-refractivity contribution in [2.45, 2.75) is 0 Å². The first-order valence-electron chi connectivity index (χ1n) is 2.12. The molecule has 0 atom stereocenters. The Balaban J connectivity index is 0.000000640. The van der Waals surface area contributed by atoms with Crippen LogP contribution in [0, 0.1) is 0 Å². The lowest BCUT2D eigenvalue weighted by atomic mass is 10.6. The topological polar surface area (TPSA) is 49.4 Å². The van der Waals surface area contributed by atoms with Crippen LogP contribution in [-0.4, -0.2) is 0 Å². The number of halogens is 1. The molecule has 9 heavy (non-hydrogen) atoms. The van der Waals surface area contributed by atoms with Crippen molar-refractivity contribution in [3.05, 3.63) is 24.6 Å². The van der Waals surface area contributed by atoms with Gasteiger partial charge < -0.3 is 0 Å². The van der Waals surface area contributed by atoms with Gasteiger partial charge in [0.1, 0.15) is 0 Å². The number of hydrogen-bond acceptors (Lipinski definition) is 4. The maximum atomic E-state index is 3.46. The van der Waals surface area contributed by atoms with Gasteiger partial charge in [-0.05, 0) is 22.6 Å². The molecule has 0 unspecified atom stereocenters. The Labute approximate surface area is 58.5 Å². The van der Waals surface area contributed by atoms with Gasteiger partial charge in [-0.25, -0.2) is 0 Å². The standard InChI is InChI=1S/C4H4N4.ClH/c1-2-4-6-8-7-5-3-1;/h1-4H;1H. The van der Waals surface area contributed by atoms with Crippen LogP contribution in [-0.2, 0) is 0 Å². The van der Waals surface area contributed by atoms with Crippen molar-refractivity contribution in [2.75, 3.05) is 0 Å². The van der Waals surface area contributed by atoms with E-state index in [9.17, 15) is 0 Å². The van der Waals surface area contributed by atoms with Gasteiger partial charge in [-0.15, -0.1) is 22.6 Å². The van der Waals surface area contributed by atoms with E-state index in [2.05, 4.69) is 20.7 Å². The summed E-state index contributed by atoms with van der Waals surface area (Å²) in [6.45, 7) is 0.